The van der Waals surface area contributed by atoms with Crippen LogP contribution in [0.1, 0.15) is 42.6 Å². The third kappa shape index (κ3) is 5.61. The fourth-order valence-corrected chi connectivity index (χ4v) is 4.86. The number of aryl methyl sites for hydroxylation is 1. The van der Waals surface area contributed by atoms with Crippen LogP contribution in [0.25, 0.3) is 0 Å². The molecule has 1 unspecified atom stereocenters. The second-order valence-electron chi connectivity index (χ2n) is 8.39. The molecular weight excluding hydrogens is 450 g/mol. The number of nitrogens with one attached hydrogen (secondary N) is 2. The van der Waals surface area contributed by atoms with E-state index in [1.54, 1.807) is 36.1 Å². The second-order valence-corrected chi connectivity index (χ2v) is 10.5. The maximum absolute atomic E-state index is 13.1. The third-order valence-electron chi connectivity index (χ3n) is 5.32. The van der Waals surface area contributed by atoms with Gasteiger partial charge in [0.05, 0.1) is 4.90 Å². The average molecular weight is 478 g/mol. The van der Waals surface area contributed by atoms with Crippen molar-refractivity contribution in [1.82, 2.24) is 10.2 Å². The number of carbonyl (C=O) groups is 2. The van der Waals surface area contributed by atoms with Gasteiger partial charge in [-0.3, -0.25) is 14.3 Å². The summed E-state index contributed by atoms with van der Waals surface area (Å²) in [7, 11) is -3.88. The number of sulfonamides is 1. The Labute approximate surface area is 194 Å². The normalized spacial score (nSPS) is 16.3. The summed E-state index contributed by atoms with van der Waals surface area (Å²) in [6.07, 6.45) is 1.35. The lowest BCUT2D eigenvalue weighted by Gasteiger charge is -2.24. The van der Waals surface area contributed by atoms with Crippen LogP contribution in [0, 0.1) is 12.8 Å². The number of hydrogen-bond donors (Lipinski definition) is 2. The molecule has 32 heavy (non-hydrogen) atoms. The smallest absolute Gasteiger partial charge is 0.261 e. The first kappa shape index (κ1) is 24.1. The topological polar surface area (TPSA) is 95.6 Å². The largest absolute Gasteiger partial charge is 0.354 e. The van der Waals surface area contributed by atoms with E-state index in [4.69, 9.17) is 11.6 Å². The van der Waals surface area contributed by atoms with Gasteiger partial charge < -0.3 is 10.2 Å². The summed E-state index contributed by atoms with van der Waals surface area (Å²) >= 11 is 6.07. The monoisotopic (exact) mass is 477 g/mol. The van der Waals surface area contributed by atoms with Gasteiger partial charge in [0.15, 0.2) is 0 Å². The summed E-state index contributed by atoms with van der Waals surface area (Å²) < 4.78 is 28.0. The van der Waals surface area contributed by atoms with Gasteiger partial charge in [-0.25, -0.2) is 8.42 Å². The fourth-order valence-electron chi connectivity index (χ4n) is 3.54. The first-order chi connectivity index (χ1) is 15.1. The van der Waals surface area contributed by atoms with Crippen molar-refractivity contribution in [3.8, 4) is 0 Å². The van der Waals surface area contributed by atoms with Crippen molar-refractivity contribution in [1.29, 1.82) is 0 Å². The molecule has 0 saturated carbocycles. The van der Waals surface area contributed by atoms with Gasteiger partial charge in [-0.05, 0) is 61.6 Å². The van der Waals surface area contributed by atoms with E-state index in [2.05, 4.69) is 10.0 Å². The standard InChI is InChI=1S/C23H28ClN3O4S/c1-15(2)14-25-22(28)21-8-5-11-27(21)23(29)17-6-4-7-18(12-17)26-32(30,31)19-10-9-16(3)20(24)13-19/h4,6-7,9-10,12-13,15,21,26H,5,8,11,14H2,1-3H3,(H,25,28). The van der Waals surface area contributed by atoms with E-state index in [1.807, 2.05) is 13.8 Å². The van der Waals surface area contributed by atoms with Gasteiger partial charge in [0.25, 0.3) is 15.9 Å². The SMILES string of the molecule is Cc1ccc(S(=O)(=O)Nc2cccc(C(=O)N3CCCC3C(=O)NCC(C)C)c2)cc1Cl. The highest BCUT2D eigenvalue weighted by Crippen LogP contribution is 2.25. The van der Waals surface area contributed by atoms with Crippen molar-refractivity contribution in [2.45, 2.75) is 44.6 Å². The summed E-state index contributed by atoms with van der Waals surface area (Å²) in [6, 6.07) is 10.3. The third-order valence-corrected chi connectivity index (χ3v) is 7.10. The summed E-state index contributed by atoms with van der Waals surface area (Å²) in [5.41, 5.74) is 1.35. The highest BCUT2D eigenvalue weighted by molar-refractivity contribution is 7.92. The Morgan fingerprint density at radius 2 is 1.94 bits per heavy atom. The molecule has 1 saturated heterocycles. The molecule has 2 aromatic rings. The van der Waals surface area contributed by atoms with Gasteiger partial charge in [-0.1, -0.05) is 37.6 Å². The molecule has 9 heteroatoms. The summed E-state index contributed by atoms with van der Waals surface area (Å²) in [4.78, 5) is 27.3. The van der Waals surface area contributed by atoms with E-state index < -0.39 is 16.1 Å². The Morgan fingerprint density at radius 1 is 1.19 bits per heavy atom. The number of likely N-dealkylation sites (tertiary alicyclic amines) is 1. The molecule has 1 aliphatic rings. The van der Waals surface area contributed by atoms with Gasteiger partial charge in [-0.15, -0.1) is 0 Å². The molecule has 0 spiro atoms. The molecule has 1 fully saturated rings. The van der Waals surface area contributed by atoms with Crippen molar-refractivity contribution in [3.63, 3.8) is 0 Å². The predicted molar refractivity (Wildman–Crippen MR) is 125 cm³/mol. The lowest BCUT2D eigenvalue weighted by molar-refractivity contribution is -0.125. The zero-order valence-electron chi connectivity index (χ0n) is 18.4. The van der Waals surface area contributed by atoms with E-state index >= 15 is 0 Å². The molecule has 3 rings (SSSR count). The highest BCUT2D eigenvalue weighted by atomic mass is 35.5. The predicted octanol–water partition coefficient (Wildman–Crippen LogP) is 3.83. The minimum atomic E-state index is -3.88. The molecule has 1 heterocycles. The number of hydrogen-bond acceptors (Lipinski definition) is 4. The molecule has 0 aliphatic carbocycles. The molecule has 1 atom stereocenters. The van der Waals surface area contributed by atoms with Crippen LogP contribution in [0.15, 0.2) is 47.4 Å². The van der Waals surface area contributed by atoms with Gasteiger partial charge in [0, 0.05) is 29.4 Å². The van der Waals surface area contributed by atoms with Crippen LogP contribution in [-0.2, 0) is 14.8 Å². The molecule has 2 amide bonds. The molecule has 1 aliphatic heterocycles. The van der Waals surface area contributed by atoms with Crippen LogP contribution >= 0.6 is 11.6 Å². The van der Waals surface area contributed by atoms with Crippen LogP contribution in [0.5, 0.6) is 0 Å². The second kappa shape index (κ2) is 9.92. The first-order valence-corrected chi connectivity index (χ1v) is 12.4. The van der Waals surface area contributed by atoms with E-state index in [1.165, 1.54) is 18.2 Å². The summed E-state index contributed by atoms with van der Waals surface area (Å²) in [6.45, 7) is 6.84. The number of benzene rings is 2. The number of nitrogens with zero attached hydrogens (tertiary/aromatic N) is 1. The van der Waals surface area contributed by atoms with Gasteiger partial charge in [-0.2, -0.15) is 0 Å². The first-order valence-electron chi connectivity index (χ1n) is 10.6. The lowest BCUT2D eigenvalue weighted by atomic mass is 10.1. The van der Waals surface area contributed by atoms with Crippen molar-refractivity contribution in [2.24, 2.45) is 5.92 Å². The molecule has 7 nitrogen and oxygen atoms in total. The minimum absolute atomic E-state index is 0.0336. The molecule has 172 valence electrons. The molecular formula is C23H28ClN3O4S. The summed E-state index contributed by atoms with van der Waals surface area (Å²) in [5, 5.41) is 3.25. The number of rotatable bonds is 7. The van der Waals surface area contributed by atoms with Crippen LogP contribution in [0.3, 0.4) is 0 Å². The zero-order chi connectivity index (χ0) is 23.5. The van der Waals surface area contributed by atoms with Crippen molar-refractivity contribution >= 4 is 39.1 Å². The van der Waals surface area contributed by atoms with Gasteiger partial charge >= 0.3 is 0 Å². The van der Waals surface area contributed by atoms with Crippen molar-refractivity contribution in [3.05, 3.63) is 58.6 Å². The van der Waals surface area contributed by atoms with E-state index in [0.29, 0.717) is 36.0 Å². The Balaban J connectivity index is 1.77. The Kier molecular flexibility index (Phi) is 7.46. The van der Waals surface area contributed by atoms with E-state index in [9.17, 15) is 18.0 Å². The zero-order valence-corrected chi connectivity index (χ0v) is 20.0. The molecule has 2 N–H and O–H groups in total. The number of halogens is 1. The van der Waals surface area contributed by atoms with Crippen molar-refractivity contribution in [2.75, 3.05) is 17.8 Å². The minimum Gasteiger partial charge on any atom is -0.354 e. The Hall–Kier alpha value is -2.58. The van der Waals surface area contributed by atoms with Crippen LogP contribution in [-0.4, -0.2) is 44.3 Å². The fraction of sp³-hybridized carbons (Fsp3) is 0.391. The lowest BCUT2D eigenvalue weighted by Crippen LogP contribution is -2.46. The number of amides is 2. The summed E-state index contributed by atoms with van der Waals surface area (Å²) in [5.74, 6) is -0.137. The van der Waals surface area contributed by atoms with E-state index in [0.717, 1.165) is 12.0 Å². The molecule has 0 radical (unpaired) electrons. The Morgan fingerprint density at radius 3 is 2.62 bits per heavy atom. The quantitative estimate of drug-likeness (QED) is 0.633. The van der Waals surface area contributed by atoms with Gasteiger partial charge in [0.2, 0.25) is 5.91 Å². The average Bonchev–Trinajstić information content (AvgIpc) is 3.23. The van der Waals surface area contributed by atoms with Crippen LogP contribution < -0.4 is 10.0 Å². The van der Waals surface area contributed by atoms with Gasteiger partial charge in [0.1, 0.15) is 6.04 Å². The Bertz CT molecular complexity index is 1120. The molecule has 0 bridgehead atoms. The van der Waals surface area contributed by atoms with Crippen LogP contribution in [0.2, 0.25) is 5.02 Å². The maximum Gasteiger partial charge on any atom is 0.261 e. The molecule has 2 aromatic carbocycles. The molecule has 0 aromatic heterocycles. The van der Waals surface area contributed by atoms with Crippen molar-refractivity contribution < 1.29 is 18.0 Å². The highest BCUT2D eigenvalue weighted by Gasteiger charge is 2.34. The maximum atomic E-state index is 13.1. The number of carbonyl (C=O) groups excluding carboxylic acids is 2. The number of anilines is 1. The van der Waals surface area contributed by atoms with E-state index in [-0.39, 0.29) is 22.4 Å². The van der Waals surface area contributed by atoms with Crippen LogP contribution in [0.4, 0.5) is 5.69 Å².